The number of amides is 2. The normalized spacial score (nSPS) is 15.2. The molecule has 2 heterocycles. The lowest BCUT2D eigenvalue weighted by molar-refractivity contribution is -0.384. The fraction of sp³-hybridized carbons (Fsp3) is 0.0909. The van der Waals surface area contributed by atoms with Gasteiger partial charge in [-0.25, -0.2) is 0 Å². The minimum Gasteiger partial charge on any atom is -0.457 e. The van der Waals surface area contributed by atoms with Crippen LogP contribution in [0.2, 0.25) is 0 Å². The van der Waals surface area contributed by atoms with E-state index in [-0.39, 0.29) is 28.3 Å². The summed E-state index contributed by atoms with van der Waals surface area (Å²) >= 11 is 4.19. The molecular weight excluding hydrogens is 484 g/mol. The summed E-state index contributed by atoms with van der Waals surface area (Å²) in [5.74, 6) is 0.513. The largest absolute Gasteiger partial charge is 0.457 e. The van der Waals surface area contributed by atoms with Crippen molar-refractivity contribution in [1.82, 2.24) is 4.90 Å². The molecule has 0 atom stereocenters. The maximum absolute atomic E-state index is 12.7. The van der Waals surface area contributed by atoms with E-state index in [9.17, 15) is 19.7 Å². The second-order valence-electron chi connectivity index (χ2n) is 6.88. The van der Waals surface area contributed by atoms with E-state index in [1.165, 1.54) is 23.1 Å². The lowest BCUT2D eigenvalue weighted by Crippen LogP contribution is -2.27. The maximum atomic E-state index is 12.7. The molecule has 0 bridgehead atoms. The Morgan fingerprint density at radius 1 is 1.16 bits per heavy atom. The molecule has 1 aromatic heterocycles. The summed E-state index contributed by atoms with van der Waals surface area (Å²) in [6.07, 6.45) is 1.53. The third kappa shape index (κ3) is 4.47. The van der Waals surface area contributed by atoms with E-state index in [0.29, 0.717) is 21.6 Å². The molecule has 0 unspecified atom stereocenters. The average Bonchev–Trinajstić information content (AvgIpc) is 3.28. The zero-order valence-corrected chi connectivity index (χ0v) is 18.6. The van der Waals surface area contributed by atoms with Gasteiger partial charge < -0.3 is 4.42 Å². The van der Waals surface area contributed by atoms with Crippen molar-refractivity contribution in [1.29, 1.82) is 0 Å². The summed E-state index contributed by atoms with van der Waals surface area (Å²) in [6.45, 7) is 2.16. The van der Waals surface area contributed by atoms with Crippen LogP contribution in [0.5, 0.6) is 0 Å². The van der Waals surface area contributed by atoms with E-state index in [1.807, 2.05) is 31.2 Å². The Labute approximate surface area is 190 Å². The maximum Gasteiger partial charge on any atom is 0.293 e. The SMILES string of the molecule is Cc1cccc(CN2C(=O)S/C(=C/c3ccc(-c4ccc([N+](=O)[O-])cc4Br)o3)C2=O)c1. The van der Waals surface area contributed by atoms with Crippen LogP contribution < -0.4 is 0 Å². The highest BCUT2D eigenvalue weighted by Crippen LogP contribution is 2.36. The van der Waals surface area contributed by atoms with Gasteiger partial charge in [0.1, 0.15) is 11.5 Å². The van der Waals surface area contributed by atoms with Gasteiger partial charge in [-0.2, -0.15) is 0 Å². The van der Waals surface area contributed by atoms with E-state index in [4.69, 9.17) is 4.42 Å². The van der Waals surface area contributed by atoms with Crippen molar-refractivity contribution >= 4 is 50.6 Å². The molecule has 1 aliphatic heterocycles. The fourth-order valence-corrected chi connectivity index (χ4v) is 4.53. The molecule has 9 heteroatoms. The number of carbonyl (C=O) groups is 2. The molecule has 0 N–H and O–H groups in total. The molecule has 31 heavy (non-hydrogen) atoms. The van der Waals surface area contributed by atoms with Crippen LogP contribution in [0.15, 0.2) is 68.4 Å². The van der Waals surface area contributed by atoms with Crippen molar-refractivity contribution < 1.29 is 18.9 Å². The number of carbonyl (C=O) groups excluding carboxylic acids is 2. The second kappa shape index (κ2) is 8.52. The van der Waals surface area contributed by atoms with Crippen LogP contribution in [0.3, 0.4) is 0 Å². The molecule has 7 nitrogen and oxygen atoms in total. The highest BCUT2D eigenvalue weighted by molar-refractivity contribution is 9.10. The number of nitro benzene ring substituents is 1. The van der Waals surface area contributed by atoms with Crippen LogP contribution in [0.1, 0.15) is 16.9 Å². The molecule has 2 amide bonds. The smallest absolute Gasteiger partial charge is 0.293 e. The summed E-state index contributed by atoms with van der Waals surface area (Å²) in [4.78, 5) is 37.0. The molecule has 4 rings (SSSR count). The lowest BCUT2D eigenvalue weighted by atomic mass is 10.1. The number of thioether (sulfide) groups is 1. The zero-order chi connectivity index (χ0) is 22.1. The minimum atomic E-state index is -0.477. The Kier molecular flexibility index (Phi) is 5.79. The number of furan rings is 1. The fourth-order valence-electron chi connectivity index (χ4n) is 3.15. The molecule has 1 fully saturated rings. The van der Waals surface area contributed by atoms with Crippen molar-refractivity contribution in [3.05, 3.63) is 91.0 Å². The molecule has 2 aromatic carbocycles. The first-order valence-corrected chi connectivity index (χ1v) is 10.8. The van der Waals surface area contributed by atoms with Gasteiger partial charge in [0.2, 0.25) is 0 Å². The van der Waals surface area contributed by atoms with Gasteiger partial charge in [-0.15, -0.1) is 0 Å². The third-order valence-corrected chi connectivity index (χ3v) is 6.19. The molecule has 0 aliphatic carbocycles. The predicted octanol–water partition coefficient (Wildman–Crippen LogP) is 6.16. The molecular formula is C22H15BrN2O5S. The van der Waals surface area contributed by atoms with Gasteiger partial charge >= 0.3 is 0 Å². The first-order chi connectivity index (χ1) is 14.8. The molecule has 1 aliphatic rings. The second-order valence-corrected chi connectivity index (χ2v) is 8.73. The topological polar surface area (TPSA) is 93.7 Å². The number of halogens is 1. The number of hydrogen-bond donors (Lipinski definition) is 0. The van der Waals surface area contributed by atoms with E-state index < -0.39 is 4.92 Å². The van der Waals surface area contributed by atoms with Gasteiger partial charge in [-0.3, -0.25) is 24.6 Å². The molecule has 0 radical (unpaired) electrons. The molecule has 0 saturated carbocycles. The number of rotatable bonds is 5. The van der Waals surface area contributed by atoms with Crippen LogP contribution in [0.25, 0.3) is 17.4 Å². The monoisotopic (exact) mass is 498 g/mol. The van der Waals surface area contributed by atoms with Crippen LogP contribution in [-0.2, 0) is 11.3 Å². The number of non-ortho nitro benzene ring substituents is 1. The first kappa shape index (κ1) is 21.1. The van der Waals surface area contributed by atoms with Crippen LogP contribution in [0, 0.1) is 17.0 Å². The van der Waals surface area contributed by atoms with Gasteiger partial charge in [0, 0.05) is 28.2 Å². The van der Waals surface area contributed by atoms with Gasteiger partial charge in [0.05, 0.1) is 16.4 Å². The summed E-state index contributed by atoms with van der Waals surface area (Å²) < 4.78 is 6.31. The third-order valence-electron chi connectivity index (χ3n) is 4.63. The van der Waals surface area contributed by atoms with Gasteiger partial charge in [0.15, 0.2) is 0 Å². The quantitative estimate of drug-likeness (QED) is 0.237. The molecule has 156 valence electrons. The van der Waals surface area contributed by atoms with Crippen LogP contribution in [-0.4, -0.2) is 21.0 Å². The zero-order valence-electron chi connectivity index (χ0n) is 16.2. The molecule has 3 aromatic rings. The Bertz CT molecular complexity index is 1250. The number of imide groups is 1. The van der Waals surface area contributed by atoms with E-state index in [0.717, 1.165) is 22.9 Å². The summed E-state index contributed by atoms with van der Waals surface area (Å²) in [6, 6.07) is 15.4. The summed E-state index contributed by atoms with van der Waals surface area (Å²) in [5.41, 5.74) is 2.54. The molecule has 0 spiro atoms. The number of nitrogens with zero attached hydrogens (tertiary/aromatic N) is 2. The highest BCUT2D eigenvalue weighted by Gasteiger charge is 2.35. The first-order valence-electron chi connectivity index (χ1n) is 9.17. The number of hydrogen-bond acceptors (Lipinski definition) is 6. The Morgan fingerprint density at radius 3 is 2.68 bits per heavy atom. The van der Waals surface area contributed by atoms with E-state index in [2.05, 4.69) is 15.9 Å². The van der Waals surface area contributed by atoms with Crippen molar-refractivity contribution in [2.45, 2.75) is 13.5 Å². The number of aryl methyl sites for hydroxylation is 1. The van der Waals surface area contributed by atoms with Crippen LogP contribution in [0.4, 0.5) is 10.5 Å². The standard InChI is InChI=1S/C22H15BrN2O5S/c1-13-3-2-4-14(9-13)12-24-21(26)20(31-22(24)27)11-16-6-8-19(30-16)17-7-5-15(25(28)29)10-18(17)23/h2-11H,12H2,1H3/b20-11+. The average molecular weight is 499 g/mol. The van der Waals surface area contributed by atoms with Crippen molar-refractivity contribution in [2.24, 2.45) is 0 Å². The van der Waals surface area contributed by atoms with E-state index >= 15 is 0 Å². The Balaban J connectivity index is 1.55. The summed E-state index contributed by atoms with van der Waals surface area (Å²) in [5, 5.41) is 10.6. The van der Waals surface area contributed by atoms with Gasteiger partial charge in [-0.05, 0) is 58.4 Å². The van der Waals surface area contributed by atoms with Crippen molar-refractivity contribution in [3.8, 4) is 11.3 Å². The number of benzene rings is 2. The predicted molar refractivity (Wildman–Crippen MR) is 121 cm³/mol. The minimum absolute atomic E-state index is 0.0373. The van der Waals surface area contributed by atoms with Crippen molar-refractivity contribution in [2.75, 3.05) is 0 Å². The summed E-state index contributed by atoms with van der Waals surface area (Å²) in [7, 11) is 0. The highest BCUT2D eigenvalue weighted by atomic mass is 79.9. The van der Waals surface area contributed by atoms with Gasteiger partial charge in [0.25, 0.3) is 16.8 Å². The van der Waals surface area contributed by atoms with Crippen LogP contribution >= 0.6 is 27.7 Å². The lowest BCUT2D eigenvalue weighted by Gasteiger charge is -2.12. The van der Waals surface area contributed by atoms with Crippen molar-refractivity contribution in [3.63, 3.8) is 0 Å². The Hall–Kier alpha value is -3.17. The van der Waals surface area contributed by atoms with E-state index in [1.54, 1.807) is 18.2 Å². The Morgan fingerprint density at radius 2 is 1.97 bits per heavy atom. The number of nitro groups is 1. The van der Waals surface area contributed by atoms with Gasteiger partial charge in [-0.1, -0.05) is 29.8 Å². The molecule has 1 saturated heterocycles.